The summed E-state index contributed by atoms with van der Waals surface area (Å²) in [5, 5.41) is 11.3. The Bertz CT molecular complexity index is 1040. The number of aliphatic hydroxyl groups excluding tert-OH is 1. The van der Waals surface area contributed by atoms with E-state index in [1.165, 1.54) is 16.4 Å². The molecule has 0 aliphatic rings. The smallest absolute Gasteiger partial charge is 0.243 e. The molecule has 0 aliphatic heterocycles. The van der Waals surface area contributed by atoms with E-state index in [4.69, 9.17) is 5.73 Å². The van der Waals surface area contributed by atoms with Gasteiger partial charge in [-0.3, -0.25) is 0 Å². The number of nitrogen functional groups attached to an aromatic ring is 1. The number of aliphatic hydroxyl groups is 1. The molecule has 0 aliphatic carbocycles. The SMILES string of the molecule is CC(C)CN(C[C@H](O)[C](Cc1ccccc1)Cc1ccccc1)S(=O)(=O)c1ccc(N)cc1. The van der Waals surface area contributed by atoms with Gasteiger partial charge in [0.05, 0.1) is 11.0 Å². The van der Waals surface area contributed by atoms with Crippen LogP contribution >= 0.6 is 0 Å². The molecular formula is C27H33N2O3S. The number of benzene rings is 3. The molecule has 3 aromatic carbocycles. The van der Waals surface area contributed by atoms with Crippen molar-refractivity contribution in [2.45, 2.75) is 37.7 Å². The van der Waals surface area contributed by atoms with Gasteiger partial charge >= 0.3 is 0 Å². The van der Waals surface area contributed by atoms with Gasteiger partial charge in [-0.2, -0.15) is 4.31 Å². The van der Waals surface area contributed by atoms with Crippen LogP contribution in [0.2, 0.25) is 0 Å². The molecule has 3 aromatic rings. The maximum Gasteiger partial charge on any atom is 0.243 e. The van der Waals surface area contributed by atoms with Crippen LogP contribution in [0.1, 0.15) is 25.0 Å². The van der Waals surface area contributed by atoms with E-state index in [9.17, 15) is 13.5 Å². The van der Waals surface area contributed by atoms with Crippen LogP contribution in [0.4, 0.5) is 5.69 Å². The summed E-state index contributed by atoms with van der Waals surface area (Å²) in [5.41, 5.74) is 8.41. The number of hydrogen-bond acceptors (Lipinski definition) is 4. The Hall–Kier alpha value is -2.67. The van der Waals surface area contributed by atoms with Crippen molar-refractivity contribution in [1.82, 2.24) is 4.31 Å². The molecule has 0 aromatic heterocycles. The number of anilines is 1. The number of nitrogens with zero attached hydrogens (tertiary/aromatic N) is 1. The molecule has 0 bridgehead atoms. The number of rotatable bonds is 11. The maximum atomic E-state index is 13.4. The molecule has 1 radical (unpaired) electrons. The van der Waals surface area contributed by atoms with Crippen molar-refractivity contribution in [2.24, 2.45) is 5.92 Å². The molecule has 0 heterocycles. The van der Waals surface area contributed by atoms with Gasteiger partial charge in [-0.05, 0) is 54.2 Å². The van der Waals surface area contributed by atoms with Crippen LogP contribution < -0.4 is 5.73 Å². The van der Waals surface area contributed by atoms with Crippen molar-refractivity contribution < 1.29 is 13.5 Å². The molecule has 0 fully saturated rings. The van der Waals surface area contributed by atoms with Gasteiger partial charge in [0, 0.05) is 24.7 Å². The Kier molecular flexibility index (Phi) is 8.67. The maximum absolute atomic E-state index is 13.4. The number of hydrogen-bond donors (Lipinski definition) is 2. The Morgan fingerprint density at radius 3 is 1.76 bits per heavy atom. The summed E-state index contributed by atoms with van der Waals surface area (Å²) in [5.74, 6) is 0.987. The quantitative estimate of drug-likeness (QED) is 0.413. The highest BCUT2D eigenvalue weighted by molar-refractivity contribution is 7.89. The Morgan fingerprint density at radius 2 is 1.30 bits per heavy atom. The first-order valence-electron chi connectivity index (χ1n) is 11.2. The van der Waals surface area contributed by atoms with Crippen molar-refractivity contribution in [2.75, 3.05) is 18.8 Å². The largest absolute Gasteiger partial charge is 0.399 e. The van der Waals surface area contributed by atoms with Crippen molar-refractivity contribution >= 4 is 15.7 Å². The minimum Gasteiger partial charge on any atom is -0.399 e. The molecule has 0 saturated carbocycles. The summed E-state index contributed by atoms with van der Waals surface area (Å²) in [6, 6.07) is 26.1. The molecule has 6 heteroatoms. The lowest BCUT2D eigenvalue weighted by Gasteiger charge is -2.30. The van der Waals surface area contributed by atoms with Gasteiger partial charge in [-0.25, -0.2) is 8.42 Å². The van der Waals surface area contributed by atoms with Gasteiger partial charge in [-0.15, -0.1) is 0 Å². The molecule has 3 N–H and O–H groups in total. The van der Waals surface area contributed by atoms with Crippen LogP contribution in [-0.2, 0) is 22.9 Å². The van der Waals surface area contributed by atoms with E-state index in [1.54, 1.807) is 12.1 Å². The molecule has 33 heavy (non-hydrogen) atoms. The van der Waals surface area contributed by atoms with Crippen molar-refractivity contribution in [3.63, 3.8) is 0 Å². The first-order chi connectivity index (χ1) is 15.8. The van der Waals surface area contributed by atoms with Crippen molar-refractivity contribution in [1.29, 1.82) is 0 Å². The third-order valence-electron chi connectivity index (χ3n) is 5.48. The van der Waals surface area contributed by atoms with E-state index >= 15 is 0 Å². The average molecular weight is 466 g/mol. The second-order valence-corrected chi connectivity index (χ2v) is 10.7. The summed E-state index contributed by atoms with van der Waals surface area (Å²) < 4.78 is 28.2. The van der Waals surface area contributed by atoms with Gasteiger partial charge in [-0.1, -0.05) is 74.5 Å². The fourth-order valence-corrected chi connectivity index (χ4v) is 5.41. The van der Waals surface area contributed by atoms with Crippen LogP contribution in [0.5, 0.6) is 0 Å². The summed E-state index contributed by atoms with van der Waals surface area (Å²) >= 11 is 0. The predicted octanol–water partition coefficient (Wildman–Crippen LogP) is 4.34. The van der Waals surface area contributed by atoms with E-state index in [-0.39, 0.29) is 17.4 Å². The van der Waals surface area contributed by atoms with E-state index in [1.807, 2.05) is 74.5 Å². The average Bonchev–Trinajstić information content (AvgIpc) is 2.79. The molecule has 0 spiro atoms. The van der Waals surface area contributed by atoms with Crippen LogP contribution in [0, 0.1) is 11.8 Å². The predicted molar refractivity (Wildman–Crippen MR) is 134 cm³/mol. The van der Waals surface area contributed by atoms with Gasteiger partial charge in [0.1, 0.15) is 0 Å². The summed E-state index contributed by atoms with van der Waals surface area (Å²) in [6.45, 7) is 4.25. The van der Waals surface area contributed by atoms with Crippen molar-refractivity contribution in [3.05, 3.63) is 102 Å². The van der Waals surface area contributed by atoms with Gasteiger partial charge < -0.3 is 10.8 Å². The third-order valence-corrected chi connectivity index (χ3v) is 7.33. The second kappa shape index (κ2) is 11.5. The topological polar surface area (TPSA) is 83.6 Å². The van der Waals surface area contributed by atoms with Crippen LogP contribution in [-0.4, -0.2) is 37.0 Å². The lowest BCUT2D eigenvalue weighted by Crippen LogP contribution is -2.42. The number of nitrogens with two attached hydrogens (primary N) is 1. The highest BCUT2D eigenvalue weighted by Crippen LogP contribution is 2.25. The first kappa shape index (κ1) is 25.0. The third kappa shape index (κ3) is 7.16. The highest BCUT2D eigenvalue weighted by atomic mass is 32.2. The van der Waals surface area contributed by atoms with Gasteiger partial charge in [0.2, 0.25) is 10.0 Å². The zero-order valence-electron chi connectivity index (χ0n) is 19.3. The fourth-order valence-electron chi connectivity index (χ4n) is 3.80. The van der Waals surface area contributed by atoms with Crippen LogP contribution in [0.15, 0.2) is 89.8 Å². The van der Waals surface area contributed by atoms with E-state index in [0.29, 0.717) is 25.1 Å². The molecule has 0 unspecified atom stereocenters. The number of sulfonamides is 1. The van der Waals surface area contributed by atoms with Crippen LogP contribution in [0.3, 0.4) is 0 Å². The Morgan fingerprint density at radius 1 is 0.818 bits per heavy atom. The zero-order chi connectivity index (χ0) is 23.8. The lowest BCUT2D eigenvalue weighted by atomic mass is 9.88. The summed E-state index contributed by atoms with van der Waals surface area (Å²) in [6.07, 6.45) is 0.246. The molecule has 3 rings (SSSR count). The standard InChI is InChI=1S/C27H33N2O3S/c1-21(2)19-29(33(31,32)26-15-13-25(28)14-16-26)20-27(30)24(17-22-9-5-3-6-10-22)18-23-11-7-4-8-12-23/h3-16,21,27,30H,17-20,28H2,1-2H3/t27-/m0/s1. The van der Waals surface area contributed by atoms with E-state index in [2.05, 4.69) is 0 Å². The van der Waals surface area contributed by atoms with Crippen LogP contribution in [0.25, 0.3) is 0 Å². The summed E-state index contributed by atoms with van der Waals surface area (Å²) in [7, 11) is -3.78. The zero-order valence-corrected chi connectivity index (χ0v) is 20.1. The molecule has 175 valence electrons. The second-order valence-electron chi connectivity index (χ2n) is 8.78. The molecule has 0 amide bonds. The van der Waals surface area contributed by atoms with E-state index < -0.39 is 16.1 Å². The van der Waals surface area contributed by atoms with Crippen molar-refractivity contribution in [3.8, 4) is 0 Å². The normalized spacial score (nSPS) is 13.0. The Balaban J connectivity index is 1.86. The fraction of sp³-hybridized carbons (Fsp3) is 0.296. The van der Waals surface area contributed by atoms with Gasteiger partial charge in [0.15, 0.2) is 0 Å². The minimum absolute atomic E-state index is 0.000109. The van der Waals surface area contributed by atoms with Gasteiger partial charge in [0.25, 0.3) is 0 Å². The monoisotopic (exact) mass is 465 g/mol. The minimum atomic E-state index is -3.78. The first-order valence-corrected chi connectivity index (χ1v) is 12.7. The Labute approximate surface area is 197 Å². The van der Waals surface area contributed by atoms with E-state index in [0.717, 1.165) is 17.0 Å². The molecule has 5 nitrogen and oxygen atoms in total. The molecule has 0 saturated heterocycles. The lowest BCUT2D eigenvalue weighted by molar-refractivity contribution is 0.147. The summed E-state index contributed by atoms with van der Waals surface area (Å²) in [4.78, 5) is 0.178. The molecule has 1 atom stereocenters. The highest BCUT2D eigenvalue weighted by Gasteiger charge is 2.31. The molecular weight excluding hydrogens is 432 g/mol.